The van der Waals surface area contributed by atoms with E-state index in [9.17, 15) is 13.6 Å². The molecule has 1 fully saturated rings. The summed E-state index contributed by atoms with van der Waals surface area (Å²) < 4.78 is 26.8. The van der Waals surface area contributed by atoms with Crippen LogP contribution in [0, 0.1) is 11.6 Å². The number of fused-ring (bicyclic) bond motifs is 1. The van der Waals surface area contributed by atoms with Crippen LogP contribution in [-0.2, 0) is 15.6 Å². The Labute approximate surface area is 156 Å². The third-order valence-corrected chi connectivity index (χ3v) is 5.34. The molecule has 1 saturated carbocycles. The zero-order valence-corrected chi connectivity index (χ0v) is 15.6. The molecule has 0 atom stereocenters. The number of rotatable bonds is 3. The van der Waals surface area contributed by atoms with Crippen LogP contribution in [0.1, 0.15) is 44.9 Å². The van der Waals surface area contributed by atoms with E-state index in [1.165, 1.54) is 6.07 Å². The predicted octanol–water partition coefficient (Wildman–Crippen LogP) is 5.41. The number of carbonyl (C=O) groups excluding carboxylic acids is 1. The first-order valence-electron chi connectivity index (χ1n) is 9.09. The maximum absolute atomic E-state index is 13.6. The lowest BCUT2D eigenvalue weighted by atomic mass is 9.92. The van der Waals surface area contributed by atoms with Gasteiger partial charge in [0.05, 0.1) is 5.41 Å². The van der Waals surface area contributed by atoms with E-state index in [1.54, 1.807) is 0 Å². The molecule has 27 heavy (non-hydrogen) atoms. The number of aromatic amines is 1. The second-order valence-corrected chi connectivity index (χ2v) is 8.40. The van der Waals surface area contributed by atoms with E-state index in [0.717, 1.165) is 28.7 Å². The molecule has 1 aliphatic carbocycles. The fourth-order valence-electron chi connectivity index (χ4n) is 3.43. The highest BCUT2D eigenvalue weighted by Gasteiger charge is 2.51. The molecule has 2 aromatic carbocycles. The largest absolute Gasteiger partial charge is 0.358 e. The quantitative estimate of drug-likeness (QED) is 0.637. The molecule has 1 heterocycles. The minimum Gasteiger partial charge on any atom is -0.358 e. The van der Waals surface area contributed by atoms with Crippen molar-refractivity contribution < 1.29 is 13.6 Å². The summed E-state index contributed by atoms with van der Waals surface area (Å²) in [7, 11) is 0. The Morgan fingerprint density at radius 3 is 2.41 bits per heavy atom. The fraction of sp³-hybridized carbons (Fsp3) is 0.318. The van der Waals surface area contributed by atoms with Crippen molar-refractivity contribution in [2.45, 2.75) is 44.4 Å². The minimum absolute atomic E-state index is 0.00710. The van der Waals surface area contributed by atoms with Crippen LogP contribution < -0.4 is 5.32 Å². The Morgan fingerprint density at radius 2 is 1.78 bits per heavy atom. The van der Waals surface area contributed by atoms with Gasteiger partial charge in [-0.3, -0.25) is 4.79 Å². The molecule has 1 amide bonds. The molecule has 1 aliphatic rings. The van der Waals surface area contributed by atoms with E-state index < -0.39 is 17.0 Å². The maximum atomic E-state index is 13.6. The lowest BCUT2D eigenvalue weighted by Gasteiger charge is -2.16. The smallest absolute Gasteiger partial charge is 0.235 e. The summed E-state index contributed by atoms with van der Waals surface area (Å²) in [6, 6.07) is 11.5. The van der Waals surface area contributed by atoms with E-state index in [4.69, 9.17) is 0 Å². The van der Waals surface area contributed by atoms with Crippen molar-refractivity contribution in [3.8, 4) is 0 Å². The zero-order valence-electron chi connectivity index (χ0n) is 15.6. The van der Waals surface area contributed by atoms with Gasteiger partial charge in [-0.2, -0.15) is 0 Å². The fourth-order valence-corrected chi connectivity index (χ4v) is 3.43. The molecular formula is C22H22F2N2O. The summed E-state index contributed by atoms with van der Waals surface area (Å²) in [5.41, 5.74) is 2.60. The Balaban J connectivity index is 1.60. The van der Waals surface area contributed by atoms with Gasteiger partial charge in [-0.15, -0.1) is 0 Å². The average molecular weight is 368 g/mol. The summed E-state index contributed by atoms with van der Waals surface area (Å²) >= 11 is 0. The lowest BCUT2D eigenvalue weighted by molar-refractivity contribution is -0.118. The molecule has 140 valence electrons. The number of aromatic nitrogens is 1. The summed E-state index contributed by atoms with van der Waals surface area (Å²) in [4.78, 5) is 16.3. The second-order valence-electron chi connectivity index (χ2n) is 8.40. The number of hydrogen-bond donors (Lipinski definition) is 2. The van der Waals surface area contributed by atoms with E-state index in [-0.39, 0.29) is 11.3 Å². The van der Waals surface area contributed by atoms with Gasteiger partial charge in [-0.05, 0) is 54.8 Å². The van der Waals surface area contributed by atoms with Gasteiger partial charge in [0.1, 0.15) is 0 Å². The molecule has 4 rings (SSSR count). The Kier molecular flexibility index (Phi) is 3.88. The van der Waals surface area contributed by atoms with Gasteiger partial charge < -0.3 is 10.3 Å². The van der Waals surface area contributed by atoms with Crippen molar-refractivity contribution >= 4 is 22.5 Å². The van der Waals surface area contributed by atoms with Crippen molar-refractivity contribution in [3.63, 3.8) is 0 Å². The van der Waals surface area contributed by atoms with Crippen LogP contribution in [0.2, 0.25) is 0 Å². The van der Waals surface area contributed by atoms with Gasteiger partial charge in [-0.25, -0.2) is 8.78 Å². The zero-order chi connectivity index (χ0) is 19.4. The van der Waals surface area contributed by atoms with Crippen LogP contribution in [0.3, 0.4) is 0 Å². The molecule has 3 nitrogen and oxygen atoms in total. The summed E-state index contributed by atoms with van der Waals surface area (Å²) in [5.74, 6) is -2.00. The van der Waals surface area contributed by atoms with Gasteiger partial charge in [-0.1, -0.05) is 26.8 Å². The first-order chi connectivity index (χ1) is 12.7. The number of amides is 1. The molecule has 2 N–H and O–H groups in total. The lowest BCUT2D eigenvalue weighted by Crippen LogP contribution is -2.28. The molecule has 5 heteroatoms. The second kappa shape index (κ2) is 5.91. The van der Waals surface area contributed by atoms with Crippen LogP contribution in [0.4, 0.5) is 14.5 Å². The molecule has 0 bridgehead atoms. The summed E-state index contributed by atoms with van der Waals surface area (Å²) in [6.07, 6.45) is 1.26. The van der Waals surface area contributed by atoms with Crippen molar-refractivity contribution in [1.82, 2.24) is 4.98 Å². The summed E-state index contributed by atoms with van der Waals surface area (Å²) in [5, 5.41) is 3.97. The van der Waals surface area contributed by atoms with E-state index in [2.05, 4.69) is 37.1 Å². The Morgan fingerprint density at radius 1 is 1.04 bits per heavy atom. The monoisotopic (exact) mass is 368 g/mol. The van der Waals surface area contributed by atoms with Crippen LogP contribution in [0.25, 0.3) is 10.9 Å². The van der Waals surface area contributed by atoms with Crippen LogP contribution in [0.5, 0.6) is 0 Å². The van der Waals surface area contributed by atoms with Crippen molar-refractivity contribution in [2.24, 2.45) is 0 Å². The van der Waals surface area contributed by atoms with Crippen LogP contribution in [-0.4, -0.2) is 10.9 Å². The van der Waals surface area contributed by atoms with Crippen molar-refractivity contribution in [3.05, 3.63) is 65.4 Å². The van der Waals surface area contributed by atoms with Crippen molar-refractivity contribution in [1.29, 1.82) is 0 Å². The highest BCUT2D eigenvalue weighted by atomic mass is 19.2. The molecule has 1 aromatic heterocycles. The number of H-pyrrole nitrogens is 1. The van der Waals surface area contributed by atoms with Crippen molar-refractivity contribution in [2.75, 3.05) is 5.32 Å². The van der Waals surface area contributed by atoms with Gasteiger partial charge in [0.2, 0.25) is 5.91 Å². The molecular weight excluding hydrogens is 346 g/mol. The number of carbonyl (C=O) groups is 1. The van der Waals surface area contributed by atoms with E-state index >= 15 is 0 Å². The minimum atomic E-state index is -0.921. The highest BCUT2D eigenvalue weighted by molar-refractivity contribution is 6.02. The highest BCUT2D eigenvalue weighted by Crippen LogP contribution is 2.49. The standard InChI is InChI=1S/C22H22F2N2O/c1-21(2,3)19-11-13-10-15(5-7-18(13)26-19)25-20(27)22(8-9-22)14-4-6-16(23)17(24)12-14/h4-7,10-12,26H,8-9H2,1-3H3,(H,25,27). The topological polar surface area (TPSA) is 44.9 Å². The van der Waals surface area contributed by atoms with Gasteiger partial charge >= 0.3 is 0 Å². The predicted molar refractivity (Wildman–Crippen MR) is 103 cm³/mol. The van der Waals surface area contributed by atoms with Gasteiger partial charge in [0.15, 0.2) is 11.6 Å². The molecule has 0 spiro atoms. The van der Waals surface area contributed by atoms with E-state index in [0.29, 0.717) is 24.1 Å². The number of hydrogen-bond acceptors (Lipinski definition) is 1. The van der Waals surface area contributed by atoms with Crippen LogP contribution >= 0.6 is 0 Å². The van der Waals surface area contributed by atoms with Crippen LogP contribution in [0.15, 0.2) is 42.5 Å². The normalized spacial score (nSPS) is 15.7. The molecule has 3 aromatic rings. The molecule has 0 aliphatic heterocycles. The Hall–Kier alpha value is -2.69. The first-order valence-corrected chi connectivity index (χ1v) is 9.09. The number of halogens is 2. The molecule has 0 unspecified atom stereocenters. The number of nitrogens with one attached hydrogen (secondary N) is 2. The maximum Gasteiger partial charge on any atom is 0.235 e. The first kappa shape index (κ1) is 17.7. The molecule has 0 radical (unpaired) electrons. The number of anilines is 1. The average Bonchev–Trinajstić information content (AvgIpc) is 3.29. The molecule has 0 saturated heterocycles. The SMILES string of the molecule is CC(C)(C)c1cc2cc(NC(=O)C3(c4ccc(F)c(F)c4)CC3)ccc2[nH]1. The van der Waals surface area contributed by atoms with Gasteiger partial charge in [0.25, 0.3) is 0 Å². The third-order valence-electron chi connectivity index (χ3n) is 5.34. The third kappa shape index (κ3) is 3.11. The Bertz CT molecular complexity index is 1040. The van der Waals surface area contributed by atoms with Gasteiger partial charge in [0, 0.05) is 27.7 Å². The summed E-state index contributed by atoms with van der Waals surface area (Å²) in [6.45, 7) is 6.41. The van der Waals surface area contributed by atoms with E-state index in [1.807, 2.05) is 18.2 Å². The number of benzene rings is 2.